The first-order chi connectivity index (χ1) is 43.5. The number of phosphoric acid groups is 1. The van der Waals surface area contributed by atoms with Gasteiger partial charge in [0.15, 0.2) is 0 Å². The second-order valence-electron chi connectivity index (χ2n) is 27.3. The van der Waals surface area contributed by atoms with Crippen LogP contribution in [0.5, 0.6) is 0 Å². The Morgan fingerprint density at radius 1 is 0.404 bits per heavy atom. The van der Waals surface area contributed by atoms with Crippen LogP contribution >= 0.6 is 7.82 Å². The average Bonchev–Trinajstić information content (AvgIpc) is 3.61. The minimum Gasteiger partial charge on any atom is -0.756 e. The van der Waals surface area contributed by atoms with E-state index in [4.69, 9.17) is 9.05 Å². The van der Waals surface area contributed by atoms with E-state index in [1.807, 2.05) is 27.2 Å². The number of hydrogen-bond donors (Lipinski definition) is 2. The molecule has 9 heteroatoms. The van der Waals surface area contributed by atoms with E-state index in [9.17, 15) is 19.4 Å². The van der Waals surface area contributed by atoms with Gasteiger partial charge in [-0.1, -0.05) is 362 Å². The number of nitrogens with zero attached hydrogens (tertiary/aromatic N) is 1. The molecule has 1 amide bonds. The molecule has 3 unspecified atom stereocenters. The number of allylic oxidation sites excluding steroid dienone is 13. The van der Waals surface area contributed by atoms with Crippen LogP contribution in [0.4, 0.5) is 0 Å². The zero-order chi connectivity index (χ0) is 64.8. The van der Waals surface area contributed by atoms with E-state index in [0.29, 0.717) is 17.4 Å². The quantitative estimate of drug-likeness (QED) is 0.0272. The van der Waals surface area contributed by atoms with Crippen molar-refractivity contribution < 1.29 is 32.9 Å². The maximum atomic E-state index is 13.1. The van der Waals surface area contributed by atoms with Gasteiger partial charge in [0.1, 0.15) is 13.2 Å². The van der Waals surface area contributed by atoms with E-state index in [2.05, 4.69) is 92.1 Å². The van der Waals surface area contributed by atoms with E-state index in [0.717, 1.165) is 70.6 Å². The van der Waals surface area contributed by atoms with Crippen LogP contribution in [0.25, 0.3) is 0 Å². The van der Waals surface area contributed by atoms with Crippen molar-refractivity contribution in [2.45, 2.75) is 379 Å². The second-order valence-corrected chi connectivity index (χ2v) is 28.7. The molecule has 0 saturated carbocycles. The monoisotopic (exact) mass is 1270 g/mol. The third-order valence-corrected chi connectivity index (χ3v) is 18.3. The van der Waals surface area contributed by atoms with Crippen molar-refractivity contribution in [3.8, 4) is 0 Å². The summed E-state index contributed by atoms with van der Waals surface area (Å²) in [6, 6.07) is -0.913. The molecule has 0 aliphatic rings. The van der Waals surface area contributed by atoms with Crippen molar-refractivity contribution in [2.75, 3.05) is 40.9 Å². The van der Waals surface area contributed by atoms with E-state index in [1.54, 1.807) is 6.08 Å². The standard InChI is InChI=1S/C80H149N2O6P/c1-6-8-10-12-14-16-18-20-22-24-26-28-30-32-34-35-36-37-38-39-40-41-42-43-44-45-46-47-48-50-52-54-56-58-60-62-64-66-68-70-72-74-80(84)81-78(77-88-89(85,86)87-76-75-82(3,4)5)79(83)73-71-69-67-65-63-61-59-57-55-53-51-49-33-31-29-27-25-23-21-19-17-15-13-11-9-7-2/h8,10,14,16,20,22,26,28,55,57,63,65,71,73,78-79,83H,6-7,9,11-13,15,17-19,21,23-25,27,29-54,56,58-62,64,66-70,72,74-77H2,1-5H3,(H-,81,84,85,86)/b10-8-,16-14-,22-20-,28-26-,57-55+,65-63+,73-71+. The number of aliphatic hydroxyl groups is 1. The van der Waals surface area contributed by atoms with Crippen LogP contribution in [0.1, 0.15) is 367 Å². The van der Waals surface area contributed by atoms with Crippen LogP contribution < -0.4 is 10.2 Å². The largest absolute Gasteiger partial charge is 0.756 e. The summed E-state index contributed by atoms with van der Waals surface area (Å²) in [5.74, 6) is -0.205. The Hall–Kier alpha value is -2.32. The van der Waals surface area contributed by atoms with E-state index >= 15 is 0 Å². The van der Waals surface area contributed by atoms with Crippen LogP contribution in [-0.4, -0.2) is 68.5 Å². The molecule has 0 aliphatic heterocycles. The fraction of sp³-hybridized carbons (Fsp3) is 0.812. The topological polar surface area (TPSA) is 108 Å². The van der Waals surface area contributed by atoms with Crippen molar-refractivity contribution in [2.24, 2.45) is 0 Å². The normalized spacial score (nSPS) is 14.0. The summed E-state index contributed by atoms with van der Waals surface area (Å²) in [5.41, 5.74) is 0. The summed E-state index contributed by atoms with van der Waals surface area (Å²) in [6.07, 6.45) is 100. The lowest BCUT2D eigenvalue weighted by Crippen LogP contribution is -2.45. The number of rotatable bonds is 71. The first-order valence-corrected chi connectivity index (χ1v) is 39.9. The number of aliphatic hydroxyl groups excluding tert-OH is 1. The molecule has 0 spiro atoms. The molecule has 3 atom stereocenters. The van der Waals surface area contributed by atoms with Gasteiger partial charge >= 0.3 is 0 Å². The fourth-order valence-electron chi connectivity index (χ4n) is 11.4. The Kier molecular flexibility index (Phi) is 68.2. The number of amides is 1. The number of carbonyl (C=O) groups is 1. The van der Waals surface area contributed by atoms with Gasteiger partial charge in [-0.2, -0.15) is 0 Å². The minimum atomic E-state index is -4.62. The lowest BCUT2D eigenvalue weighted by molar-refractivity contribution is -0.870. The Labute approximate surface area is 554 Å². The van der Waals surface area contributed by atoms with Crippen LogP contribution in [0.2, 0.25) is 0 Å². The molecule has 0 radical (unpaired) electrons. The van der Waals surface area contributed by atoms with Crippen molar-refractivity contribution in [3.05, 3.63) is 85.1 Å². The van der Waals surface area contributed by atoms with Crippen molar-refractivity contribution in [1.29, 1.82) is 0 Å². The molecule has 0 aromatic rings. The third-order valence-electron chi connectivity index (χ3n) is 17.3. The number of hydrogen-bond acceptors (Lipinski definition) is 6. The van der Waals surface area contributed by atoms with Gasteiger partial charge in [-0.3, -0.25) is 9.36 Å². The van der Waals surface area contributed by atoms with Crippen molar-refractivity contribution >= 4 is 13.7 Å². The summed E-state index contributed by atoms with van der Waals surface area (Å²) in [4.78, 5) is 25.7. The molecule has 89 heavy (non-hydrogen) atoms. The molecule has 0 aromatic heterocycles. The molecule has 0 aliphatic carbocycles. The Morgan fingerprint density at radius 3 is 1.04 bits per heavy atom. The molecule has 520 valence electrons. The molecule has 0 rings (SSSR count). The number of nitrogens with one attached hydrogen (secondary N) is 1. The highest BCUT2D eigenvalue weighted by Crippen LogP contribution is 2.38. The lowest BCUT2D eigenvalue weighted by atomic mass is 10.0. The molecule has 0 aromatic carbocycles. The summed E-state index contributed by atoms with van der Waals surface area (Å²) >= 11 is 0. The van der Waals surface area contributed by atoms with Gasteiger partial charge in [-0.25, -0.2) is 0 Å². The zero-order valence-corrected chi connectivity index (χ0v) is 60.5. The highest BCUT2D eigenvalue weighted by molar-refractivity contribution is 7.45. The number of phosphoric ester groups is 1. The molecular formula is C80H149N2O6P. The second kappa shape index (κ2) is 70.0. The molecule has 0 saturated heterocycles. The van der Waals surface area contributed by atoms with E-state index in [-0.39, 0.29) is 12.5 Å². The highest BCUT2D eigenvalue weighted by Gasteiger charge is 2.23. The van der Waals surface area contributed by atoms with Crippen LogP contribution in [0, 0.1) is 0 Å². The summed E-state index contributed by atoms with van der Waals surface area (Å²) < 4.78 is 23.5. The van der Waals surface area contributed by atoms with E-state index in [1.165, 1.54) is 276 Å². The maximum absolute atomic E-state index is 13.1. The summed E-state index contributed by atoms with van der Waals surface area (Å²) in [5, 5.41) is 14.0. The molecule has 2 N–H and O–H groups in total. The van der Waals surface area contributed by atoms with Gasteiger partial charge < -0.3 is 28.8 Å². The number of likely N-dealkylation sites (N-methyl/N-ethyl adjacent to an activating group) is 1. The van der Waals surface area contributed by atoms with Crippen molar-refractivity contribution in [3.63, 3.8) is 0 Å². The minimum absolute atomic E-state index is 0.00909. The third kappa shape index (κ3) is 73.0. The zero-order valence-electron chi connectivity index (χ0n) is 59.6. The molecule has 0 heterocycles. The number of quaternary nitrogens is 1. The Bertz CT molecular complexity index is 1730. The van der Waals surface area contributed by atoms with Crippen LogP contribution in [0.15, 0.2) is 85.1 Å². The summed E-state index contributed by atoms with van der Waals surface area (Å²) in [6.45, 7) is 4.55. The van der Waals surface area contributed by atoms with Gasteiger partial charge in [-0.05, 0) is 83.5 Å². The highest BCUT2D eigenvalue weighted by atomic mass is 31.2. The lowest BCUT2D eigenvalue weighted by Gasteiger charge is -2.29. The Morgan fingerprint density at radius 2 is 0.697 bits per heavy atom. The maximum Gasteiger partial charge on any atom is 0.268 e. The molecule has 8 nitrogen and oxygen atoms in total. The predicted octanol–water partition coefficient (Wildman–Crippen LogP) is 24.4. The SMILES string of the molecule is CC/C=C\C/C=C\C/C=C\C/C=C\CCCCCCCCCCCCCCCCCCCCCCCCCCCCCCC(=O)NC(COP(=O)([O-])OCC[N+](C)(C)C)C(O)/C=C/CC/C=C/CC/C=C/CCCCCCCCCCCCCCCCCC. The fourth-order valence-corrected chi connectivity index (χ4v) is 12.1. The van der Waals surface area contributed by atoms with E-state index < -0.39 is 26.6 Å². The smallest absolute Gasteiger partial charge is 0.268 e. The average molecular weight is 1270 g/mol. The number of unbranched alkanes of at least 4 members (excludes halogenated alkanes) is 46. The first kappa shape index (κ1) is 86.7. The van der Waals surface area contributed by atoms with Gasteiger partial charge in [0.2, 0.25) is 5.91 Å². The predicted molar refractivity (Wildman–Crippen MR) is 390 cm³/mol. The first-order valence-electron chi connectivity index (χ1n) is 38.4. The van der Waals surface area contributed by atoms with Gasteiger partial charge in [0.05, 0.1) is 39.9 Å². The van der Waals surface area contributed by atoms with Crippen molar-refractivity contribution in [1.82, 2.24) is 5.32 Å². The van der Waals surface area contributed by atoms with Crippen LogP contribution in [0.3, 0.4) is 0 Å². The molecule has 0 fully saturated rings. The number of carbonyl (C=O) groups excluding carboxylic acids is 1. The molecular weight excluding hydrogens is 1120 g/mol. The van der Waals surface area contributed by atoms with Gasteiger partial charge in [-0.15, -0.1) is 0 Å². The summed E-state index contributed by atoms with van der Waals surface area (Å²) in [7, 11) is 1.25. The van der Waals surface area contributed by atoms with Crippen LogP contribution in [-0.2, 0) is 18.4 Å². The molecule has 0 bridgehead atoms. The van der Waals surface area contributed by atoms with Gasteiger partial charge in [0, 0.05) is 6.42 Å². The van der Waals surface area contributed by atoms with Gasteiger partial charge in [0.25, 0.3) is 7.82 Å². The Balaban J connectivity index is 3.97.